The molecule has 0 aliphatic rings. The highest BCUT2D eigenvalue weighted by atomic mass is 35.5. The Morgan fingerprint density at radius 2 is 2.00 bits per heavy atom. The fraction of sp³-hybridized carbons (Fsp3) is 0.0714. The van der Waals surface area contributed by atoms with Gasteiger partial charge >= 0.3 is 5.91 Å². The molecule has 0 aliphatic heterocycles. The molecule has 1 aromatic heterocycles. The van der Waals surface area contributed by atoms with Gasteiger partial charge in [-0.1, -0.05) is 18.2 Å². The standard InChI is InChI=1S/C14H12N4O3.ClH/c19-14(11-17-7-2-1-3-8-17)16-15-10-12-5-4-6-13(9-12)18(20)21;/h1-10H,11H2;1H/b15-10-;. The van der Waals surface area contributed by atoms with E-state index in [1.54, 1.807) is 29.1 Å². The third-order valence-corrected chi connectivity index (χ3v) is 2.59. The number of hydrogen-bond acceptors (Lipinski definition) is 4. The van der Waals surface area contributed by atoms with Gasteiger partial charge in [-0.2, -0.15) is 9.67 Å². The Morgan fingerprint density at radius 3 is 2.68 bits per heavy atom. The van der Waals surface area contributed by atoms with Gasteiger partial charge in [-0.3, -0.25) is 14.9 Å². The number of nitrogens with one attached hydrogen (secondary N) is 1. The number of non-ortho nitro benzene ring substituents is 1. The van der Waals surface area contributed by atoms with E-state index in [1.807, 2.05) is 18.2 Å². The van der Waals surface area contributed by atoms with Gasteiger partial charge in [-0.05, 0) is 0 Å². The molecule has 0 radical (unpaired) electrons. The van der Waals surface area contributed by atoms with Gasteiger partial charge in [0.25, 0.3) is 5.69 Å². The molecule has 0 aliphatic carbocycles. The number of carbonyl (C=O) groups excluding carboxylic acids is 1. The number of hydrogen-bond donors (Lipinski definition) is 1. The fourth-order valence-electron chi connectivity index (χ4n) is 1.64. The minimum absolute atomic E-state index is 0. The van der Waals surface area contributed by atoms with Gasteiger partial charge in [0.1, 0.15) is 0 Å². The largest absolute Gasteiger partial charge is 1.00 e. The van der Waals surface area contributed by atoms with Crippen LogP contribution in [0.1, 0.15) is 5.56 Å². The summed E-state index contributed by atoms with van der Waals surface area (Å²) in [5, 5.41) is 14.4. The zero-order valence-corrected chi connectivity index (χ0v) is 12.2. The summed E-state index contributed by atoms with van der Waals surface area (Å²) in [5.74, 6) is -0.284. The maximum atomic E-state index is 11.6. The Balaban J connectivity index is 0.00000242. The van der Waals surface area contributed by atoms with Crippen molar-refractivity contribution in [3.8, 4) is 0 Å². The number of carbonyl (C=O) groups is 1. The van der Waals surface area contributed by atoms with E-state index in [-0.39, 0.29) is 30.5 Å². The van der Waals surface area contributed by atoms with Crippen LogP contribution in [0.25, 0.3) is 0 Å². The predicted molar refractivity (Wildman–Crippen MR) is 75.5 cm³/mol. The zero-order valence-electron chi connectivity index (χ0n) is 11.4. The molecule has 0 saturated heterocycles. The summed E-state index contributed by atoms with van der Waals surface area (Å²) in [6.07, 6.45) is 4.90. The Bertz CT molecular complexity index is 677. The monoisotopic (exact) mass is 320 g/mol. The average molecular weight is 321 g/mol. The van der Waals surface area contributed by atoms with Crippen LogP contribution in [0.3, 0.4) is 0 Å². The number of rotatable bonds is 5. The normalized spacial score (nSPS) is 10.0. The van der Waals surface area contributed by atoms with Crippen LogP contribution in [-0.4, -0.2) is 17.0 Å². The van der Waals surface area contributed by atoms with Gasteiger partial charge in [0.05, 0.1) is 11.1 Å². The lowest BCUT2D eigenvalue weighted by molar-refractivity contribution is -0.684. The number of hydrazone groups is 1. The zero-order chi connectivity index (χ0) is 15.1. The summed E-state index contributed by atoms with van der Waals surface area (Å²) in [6.45, 7) is 0.146. The maximum Gasteiger partial charge on any atom is 0.305 e. The van der Waals surface area contributed by atoms with E-state index >= 15 is 0 Å². The van der Waals surface area contributed by atoms with Crippen molar-refractivity contribution >= 4 is 17.8 Å². The van der Waals surface area contributed by atoms with Crippen LogP contribution in [0.5, 0.6) is 0 Å². The van der Waals surface area contributed by atoms with Gasteiger partial charge in [0.2, 0.25) is 6.54 Å². The molecule has 0 unspecified atom stereocenters. The summed E-state index contributed by atoms with van der Waals surface area (Å²) < 4.78 is 1.71. The highest BCUT2D eigenvalue weighted by Gasteiger charge is 2.07. The Labute approximate surface area is 132 Å². The molecule has 114 valence electrons. The number of nitro benzene ring substituents is 1. The van der Waals surface area contributed by atoms with E-state index in [1.165, 1.54) is 18.3 Å². The molecule has 2 aromatic rings. The van der Waals surface area contributed by atoms with Crippen molar-refractivity contribution in [2.24, 2.45) is 5.10 Å². The number of nitrogens with zero attached hydrogens (tertiary/aromatic N) is 3. The van der Waals surface area contributed by atoms with Crippen molar-refractivity contribution in [3.05, 3.63) is 70.5 Å². The van der Waals surface area contributed by atoms with Gasteiger partial charge in [-0.15, -0.1) is 0 Å². The van der Waals surface area contributed by atoms with Gasteiger partial charge < -0.3 is 12.4 Å². The van der Waals surface area contributed by atoms with Crippen LogP contribution < -0.4 is 22.4 Å². The van der Waals surface area contributed by atoms with Gasteiger partial charge in [-0.25, -0.2) is 5.43 Å². The van der Waals surface area contributed by atoms with Crippen LogP contribution in [-0.2, 0) is 11.3 Å². The van der Waals surface area contributed by atoms with Crippen LogP contribution in [0, 0.1) is 10.1 Å². The molecule has 22 heavy (non-hydrogen) atoms. The van der Waals surface area contributed by atoms with Crippen LogP contribution in [0.15, 0.2) is 60.0 Å². The molecular formula is C14H13ClN4O3. The first-order valence-electron chi connectivity index (χ1n) is 6.15. The summed E-state index contributed by atoms with van der Waals surface area (Å²) in [4.78, 5) is 21.8. The highest BCUT2D eigenvalue weighted by molar-refractivity contribution is 5.82. The van der Waals surface area contributed by atoms with Crippen molar-refractivity contribution in [2.75, 3.05) is 0 Å². The van der Waals surface area contributed by atoms with Crippen molar-refractivity contribution in [2.45, 2.75) is 6.54 Å². The van der Waals surface area contributed by atoms with E-state index in [0.29, 0.717) is 5.56 Å². The molecule has 1 N–H and O–H groups in total. The predicted octanol–water partition coefficient (Wildman–Crippen LogP) is -1.96. The molecular weight excluding hydrogens is 308 g/mol. The SMILES string of the molecule is O=C(C[n+]1ccccc1)N/N=C\c1cccc([N+](=O)[O-])c1.[Cl-]. The van der Waals surface area contributed by atoms with Crippen LogP contribution in [0.4, 0.5) is 5.69 Å². The molecule has 7 nitrogen and oxygen atoms in total. The van der Waals surface area contributed by atoms with Crippen LogP contribution in [0.2, 0.25) is 0 Å². The third kappa shape index (κ3) is 5.29. The van der Waals surface area contributed by atoms with Gasteiger partial charge in [0, 0.05) is 29.8 Å². The minimum atomic E-state index is -0.484. The first-order valence-corrected chi connectivity index (χ1v) is 6.15. The minimum Gasteiger partial charge on any atom is -1.00 e. The average Bonchev–Trinajstić information content (AvgIpc) is 2.48. The molecule has 0 spiro atoms. The lowest BCUT2D eigenvalue weighted by atomic mass is 10.2. The molecule has 2 rings (SSSR count). The summed E-state index contributed by atoms with van der Waals surface area (Å²) in [5.41, 5.74) is 2.88. The maximum absolute atomic E-state index is 11.6. The molecule has 8 heteroatoms. The Hall–Kier alpha value is -2.80. The summed E-state index contributed by atoms with van der Waals surface area (Å²) >= 11 is 0. The Kier molecular flexibility index (Phi) is 6.65. The number of aromatic nitrogens is 1. The summed E-state index contributed by atoms with van der Waals surface area (Å²) in [7, 11) is 0. The van der Waals surface area contributed by atoms with Crippen molar-refractivity contribution in [1.82, 2.24) is 5.43 Å². The molecule has 0 atom stereocenters. The quantitative estimate of drug-likeness (QED) is 0.300. The molecule has 0 saturated carbocycles. The second-order valence-corrected chi connectivity index (χ2v) is 4.19. The van der Waals surface area contributed by atoms with Crippen molar-refractivity contribution in [1.29, 1.82) is 0 Å². The second-order valence-electron chi connectivity index (χ2n) is 4.19. The number of pyridine rings is 1. The van der Waals surface area contributed by atoms with Crippen LogP contribution >= 0.6 is 0 Å². The Morgan fingerprint density at radius 1 is 1.27 bits per heavy atom. The third-order valence-electron chi connectivity index (χ3n) is 2.59. The lowest BCUT2D eigenvalue weighted by Crippen LogP contribution is -3.00. The number of nitro groups is 1. The van der Waals surface area contributed by atoms with Gasteiger partial charge in [0.15, 0.2) is 12.4 Å². The lowest BCUT2D eigenvalue weighted by Gasteiger charge is -1.97. The second kappa shape index (κ2) is 8.48. The van der Waals surface area contributed by atoms with E-state index in [4.69, 9.17) is 0 Å². The summed E-state index contributed by atoms with van der Waals surface area (Å²) in [6, 6.07) is 11.5. The van der Waals surface area contributed by atoms with E-state index in [2.05, 4.69) is 10.5 Å². The first-order chi connectivity index (χ1) is 10.1. The topological polar surface area (TPSA) is 88.5 Å². The molecule has 1 heterocycles. The molecule has 1 amide bonds. The first kappa shape index (κ1) is 17.3. The highest BCUT2D eigenvalue weighted by Crippen LogP contribution is 2.11. The number of amides is 1. The van der Waals surface area contributed by atoms with E-state index in [0.717, 1.165) is 0 Å². The molecule has 0 bridgehead atoms. The fourth-order valence-corrected chi connectivity index (χ4v) is 1.64. The van der Waals surface area contributed by atoms with Crippen molar-refractivity contribution in [3.63, 3.8) is 0 Å². The smallest absolute Gasteiger partial charge is 0.305 e. The molecule has 0 fully saturated rings. The number of halogens is 1. The molecule has 1 aromatic carbocycles. The van der Waals surface area contributed by atoms with E-state index < -0.39 is 4.92 Å². The van der Waals surface area contributed by atoms with E-state index in [9.17, 15) is 14.9 Å². The van der Waals surface area contributed by atoms with Crippen molar-refractivity contribution < 1.29 is 26.7 Å². The number of benzene rings is 1.